The summed E-state index contributed by atoms with van der Waals surface area (Å²) >= 11 is 1.48. The number of benzene rings is 1. The maximum atomic E-state index is 13.0. The molecule has 2 N–H and O–H groups in total. The van der Waals surface area contributed by atoms with Crippen LogP contribution >= 0.6 is 11.3 Å². The van der Waals surface area contributed by atoms with Gasteiger partial charge in [0.25, 0.3) is 5.91 Å². The van der Waals surface area contributed by atoms with Crippen LogP contribution in [0, 0.1) is 0 Å². The second-order valence-electron chi connectivity index (χ2n) is 6.53. The monoisotopic (exact) mass is 381 g/mol. The lowest BCUT2D eigenvalue weighted by atomic mass is 10.1. The number of hydrogen-bond acceptors (Lipinski definition) is 5. The van der Waals surface area contributed by atoms with Gasteiger partial charge in [0.05, 0.1) is 11.6 Å². The average molecular weight is 381 g/mol. The number of carbonyl (C=O) groups excluding carboxylic acids is 2. The van der Waals surface area contributed by atoms with E-state index >= 15 is 0 Å². The molecule has 1 saturated heterocycles. The highest BCUT2D eigenvalue weighted by atomic mass is 32.1. The number of amides is 2. The van der Waals surface area contributed by atoms with Crippen LogP contribution in [-0.2, 0) is 4.79 Å². The first-order valence-electron chi connectivity index (χ1n) is 8.70. The van der Waals surface area contributed by atoms with E-state index in [4.69, 9.17) is 0 Å². The maximum Gasteiger partial charge on any atom is 0.255 e. The largest absolute Gasteiger partial charge is 0.352 e. The number of aromatic nitrogens is 3. The van der Waals surface area contributed by atoms with Crippen LogP contribution < -0.4 is 5.32 Å². The Kier molecular flexibility index (Phi) is 4.72. The van der Waals surface area contributed by atoms with Crippen LogP contribution in [0.2, 0.25) is 0 Å². The molecule has 0 radical (unpaired) electrons. The molecule has 2 unspecified atom stereocenters. The highest BCUT2D eigenvalue weighted by Gasteiger charge is 2.39. The Bertz CT molecular complexity index is 938. The minimum absolute atomic E-state index is 0.0632. The highest BCUT2D eigenvalue weighted by Crippen LogP contribution is 2.32. The number of nitrogens with zero attached hydrogens (tertiary/aromatic N) is 3. The Labute approximate surface area is 160 Å². The van der Waals surface area contributed by atoms with E-state index in [2.05, 4.69) is 20.5 Å². The molecule has 138 valence electrons. The summed E-state index contributed by atoms with van der Waals surface area (Å²) in [5.74, 6) is 1.06. The van der Waals surface area contributed by atoms with Gasteiger partial charge in [-0.25, -0.2) is 4.98 Å². The van der Waals surface area contributed by atoms with Crippen molar-refractivity contribution in [2.75, 3.05) is 6.54 Å². The van der Waals surface area contributed by atoms with Gasteiger partial charge in [0.2, 0.25) is 5.91 Å². The fourth-order valence-electron chi connectivity index (χ4n) is 3.40. The summed E-state index contributed by atoms with van der Waals surface area (Å²) < 4.78 is 0. The first-order valence-corrected chi connectivity index (χ1v) is 9.64. The zero-order chi connectivity index (χ0) is 18.8. The van der Waals surface area contributed by atoms with Crippen LogP contribution in [-0.4, -0.2) is 44.5 Å². The van der Waals surface area contributed by atoms with Gasteiger partial charge in [0.1, 0.15) is 5.82 Å². The molecule has 0 spiro atoms. The quantitative estimate of drug-likeness (QED) is 0.727. The van der Waals surface area contributed by atoms with Crippen LogP contribution in [0.1, 0.15) is 35.6 Å². The molecule has 3 aromatic rings. The molecule has 0 aliphatic carbocycles. The summed E-state index contributed by atoms with van der Waals surface area (Å²) in [5.41, 5.74) is 1.56. The summed E-state index contributed by atoms with van der Waals surface area (Å²) in [5, 5.41) is 13.9. The molecule has 1 aliphatic heterocycles. The SMILES string of the molecule is CC(=O)NC1CC(c2nc(-c3ccccc3)n[nH]2)N(C(=O)c2ccsc2)C1. The average Bonchev–Trinajstić information content (AvgIpc) is 3.41. The third-order valence-corrected chi connectivity index (χ3v) is 5.27. The van der Waals surface area contributed by atoms with Gasteiger partial charge in [-0.2, -0.15) is 16.4 Å². The molecular weight excluding hydrogens is 362 g/mol. The Morgan fingerprint density at radius 3 is 2.78 bits per heavy atom. The molecule has 7 nitrogen and oxygen atoms in total. The molecule has 4 rings (SSSR count). The summed E-state index contributed by atoms with van der Waals surface area (Å²) in [4.78, 5) is 30.8. The third-order valence-electron chi connectivity index (χ3n) is 4.59. The number of hydrogen-bond donors (Lipinski definition) is 2. The van der Waals surface area contributed by atoms with Crippen molar-refractivity contribution < 1.29 is 9.59 Å². The minimum Gasteiger partial charge on any atom is -0.352 e. The second-order valence-corrected chi connectivity index (χ2v) is 7.31. The van der Waals surface area contributed by atoms with Crippen molar-refractivity contribution in [3.05, 3.63) is 58.5 Å². The van der Waals surface area contributed by atoms with E-state index in [0.717, 1.165) is 5.56 Å². The van der Waals surface area contributed by atoms with Gasteiger partial charge in [0.15, 0.2) is 5.82 Å². The lowest BCUT2D eigenvalue weighted by Crippen LogP contribution is -2.37. The predicted octanol–water partition coefficient (Wildman–Crippen LogP) is 2.63. The third kappa shape index (κ3) is 3.61. The predicted molar refractivity (Wildman–Crippen MR) is 102 cm³/mol. The summed E-state index contributed by atoms with van der Waals surface area (Å²) in [6.07, 6.45) is 0.596. The lowest BCUT2D eigenvalue weighted by molar-refractivity contribution is -0.119. The fourth-order valence-corrected chi connectivity index (χ4v) is 4.03. The Morgan fingerprint density at radius 2 is 2.07 bits per heavy atom. The lowest BCUT2D eigenvalue weighted by Gasteiger charge is -2.22. The van der Waals surface area contributed by atoms with Crippen molar-refractivity contribution in [3.63, 3.8) is 0 Å². The van der Waals surface area contributed by atoms with E-state index in [-0.39, 0.29) is 23.9 Å². The van der Waals surface area contributed by atoms with Gasteiger partial charge in [-0.1, -0.05) is 30.3 Å². The number of thiophene rings is 1. The first kappa shape index (κ1) is 17.4. The molecule has 0 saturated carbocycles. The van der Waals surface area contributed by atoms with Crippen molar-refractivity contribution in [3.8, 4) is 11.4 Å². The number of rotatable bonds is 4. The fraction of sp³-hybridized carbons (Fsp3) is 0.263. The molecule has 1 fully saturated rings. The van der Waals surface area contributed by atoms with Crippen molar-refractivity contribution in [1.82, 2.24) is 25.4 Å². The number of aromatic amines is 1. The van der Waals surface area contributed by atoms with Gasteiger partial charge in [-0.15, -0.1) is 0 Å². The number of H-pyrrole nitrogens is 1. The van der Waals surface area contributed by atoms with Crippen LogP contribution in [0.5, 0.6) is 0 Å². The smallest absolute Gasteiger partial charge is 0.255 e. The summed E-state index contributed by atoms with van der Waals surface area (Å²) in [6.45, 7) is 1.93. The Hall–Kier alpha value is -3.00. The molecule has 27 heavy (non-hydrogen) atoms. The van der Waals surface area contributed by atoms with E-state index in [1.54, 1.807) is 4.90 Å². The minimum atomic E-state index is -0.265. The second kappa shape index (κ2) is 7.32. The standard InChI is InChI=1S/C19H19N5O2S/c1-12(25)20-15-9-16(24(10-15)19(26)14-7-8-27-11-14)18-21-17(22-23-18)13-5-3-2-4-6-13/h2-8,11,15-16H,9-10H2,1H3,(H,20,25)(H,21,22,23). The van der Waals surface area contributed by atoms with Gasteiger partial charge >= 0.3 is 0 Å². The van der Waals surface area contributed by atoms with Gasteiger partial charge < -0.3 is 10.2 Å². The van der Waals surface area contributed by atoms with Crippen LogP contribution in [0.4, 0.5) is 0 Å². The van der Waals surface area contributed by atoms with Crippen molar-refractivity contribution in [2.45, 2.75) is 25.4 Å². The molecule has 2 amide bonds. The molecular formula is C19H19N5O2S. The van der Waals surface area contributed by atoms with E-state index < -0.39 is 0 Å². The normalized spacial score (nSPS) is 19.2. The number of nitrogens with one attached hydrogen (secondary N) is 2. The molecule has 2 atom stereocenters. The topological polar surface area (TPSA) is 91.0 Å². The van der Waals surface area contributed by atoms with Crippen molar-refractivity contribution in [2.24, 2.45) is 0 Å². The number of likely N-dealkylation sites (tertiary alicyclic amines) is 1. The van der Waals surface area contributed by atoms with Crippen molar-refractivity contribution in [1.29, 1.82) is 0 Å². The van der Waals surface area contributed by atoms with Gasteiger partial charge in [-0.3, -0.25) is 14.7 Å². The molecule has 1 aromatic carbocycles. The molecule has 2 aromatic heterocycles. The molecule has 0 bridgehead atoms. The van der Waals surface area contributed by atoms with Crippen LogP contribution in [0.15, 0.2) is 47.2 Å². The Balaban J connectivity index is 1.62. The molecule has 3 heterocycles. The van der Waals surface area contributed by atoms with Crippen LogP contribution in [0.25, 0.3) is 11.4 Å². The van der Waals surface area contributed by atoms with Gasteiger partial charge in [-0.05, 0) is 17.9 Å². The van der Waals surface area contributed by atoms with Gasteiger partial charge in [0, 0.05) is 30.5 Å². The van der Waals surface area contributed by atoms with E-state index in [9.17, 15) is 9.59 Å². The van der Waals surface area contributed by atoms with E-state index in [0.29, 0.717) is 30.2 Å². The zero-order valence-corrected chi connectivity index (χ0v) is 15.6. The molecule has 8 heteroatoms. The molecule has 1 aliphatic rings. The Morgan fingerprint density at radius 1 is 1.26 bits per heavy atom. The number of carbonyl (C=O) groups is 2. The summed E-state index contributed by atoms with van der Waals surface area (Å²) in [6, 6.07) is 11.1. The summed E-state index contributed by atoms with van der Waals surface area (Å²) in [7, 11) is 0. The van der Waals surface area contributed by atoms with Crippen molar-refractivity contribution >= 4 is 23.2 Å². The van der Waals surface area contributed by atoms with E-state index in [1.165, 1.54) is 18.3 Å². The zero-order valence-electron chi connectivity index (χ0n) is 14.8. The first-order chi connectivity index (χ1) is 13.1. The highest BCUT2D eigenvalue weighted by molar-refractivity contribution is 7.08. The van der Waals surface area contributed by atoms with Crippen LogP contribution in [0.3, 0.4) is 0 Å². The van der Waals surface area contributed by atoms with E-state index in [1.807, 2.05) is 47.2 Å². The maximum absolute atomic E-state index is 13.0.